The number of phenols is 1. The fraction of sp³-hybridized carbons (Fsp3) is 0.160. The minimum atomic E-state index is -0.261. The molecule has 0 atom stereocenters. The number of hydrogen-bond acceptors (Lipinski definition) is 4. The molecule has 0 aliphatic heterocycles. The Balaban J connectivity index is 1.38. The molecule has 0 bridgehead atoms. The molecule has 0 spiro atoms. The monoisotopic (exact) mass is 703 g/mol. The number of aromatic nitrogens is 2. The fourth-order valence-electron chi connectivity index (χ4n) is 7.38. The molecule has 266 valence electrons. The zero-order valence-corrected chi connectivity index (χ0v) is 31.8. The van der Waals surface area contributed by atoms with Crippen LogP contribution in [0, 0.1) is 0 Å². The molecule has 0 aliphatic rings. The molecule has 2 heterocycles. The van der Waals surface area contributed by atoms with Gasteiger partial charge >= 0.3 is 0 Å². The molecule has 0 fully saturated rings. The van der Waals surface area contributed by atoms with Crippen LogP contribution in [0.5, 0.6) is 5.75 Å². The number of benzene rings is 6. The summed E-state index contributed by atoms with van der Waals surface area (Å²) in [7, 11) is 0. The summed E-state index contributed by atoms with van der Waals surface area (Å²) < 4.78 is 0. The van der Waals surface area contributed by atoms with Crippen LogP contribution < -0.4 is 4.90 Å². The van der Waals surface area contributed by atoms with Crippen molar-refractivity contribution in [3.63, 3.8) is 0 Å². The standard InChI is InChI=1S/C50H45N3O/c1-49(2,3)38-31-42(48(54)43(32-38)50(4,5)6)36-28-35(40-22-13-18-33-16-7-9-20-39(33)40)29-37(30-36)44-23-15-26-47(52-44)53(46-25-11-12-27-51-46)45-24-14-19-34-17-8-10-21-41(34)45/h7-32,54H,1-6H3. The smallest absolute Gasteiger partial charge is 0.139 e. The Morgan fingerprint density at radius 1 is 0.500 bits per heavy atom. The molecule has 1 N–H and O–H groups in total. The first-order valence-corrected chi connectivity index (χ1v) is 18.6. The quantitative estimate of drug-likeness (QED) is 0.187. The lowest BCUT2D eigenvalue weighted by molar-refractivity contribution is 0.446. The Bertz CT molecular complexity index is 2640. The summed E-state index contributed by atoms with van der Waals surface area (Å²) >= 11 is 0. The second-order valence-corrected chi connectivity index (χ2v) is 16.1. The van der Waals surface area contributed by atoms with Crippen molar-refractivity contribution >= 4 is 38.9 Å². The van der Waals surface area contributed by atoms with E-state index >= 15 is 0 Å². The van der Waals surface area contributed by atoms with Crippen LogP contribution in [0.15, 0.2) is 158 Å². The second-order valence-electron chi connectivity index (χ2n) is 16.1. The van der Waals surface area contributed by atoms with Crippen LogP contribution in [0.4, 0.5) is 17.3 Å². The summed E-state index contributed by atoms with van der Waals surface area (Å²) in [4.78, 5) is 12.3. The van der Waals surface area contributed by atoms with Crippen LogP contribution in [0.25, 0.3) is 55.1 Å². The largest absolute Gasteiger partial charge is 0.507 e. The van der Waals surface area contributed by atoms with Crippen molar-refractivity contribution < 1.29 is 5.11 Å². The first kappa shape index (κ1) is 34.8. The highest BCUT2D eigenvalue weighted by Crippen LogP contribution is 2.45. The van der Waals surface area contributed by atoms with E-state index in [0.29, 0.717) is 5.75 Å². The molecule has 0 saturated heterocycles. The highest BCUT2D eigenvalue weighted by atomic mass is 16.3. The van der Waals surface area contributed by atoms with Crippen LogP contribution in [0.3, 0.4) is 0 Å². The van der Waals surface area contributed by atoms with Gasteiger partial charge in [-0.25, -0.2) is 9.97 Å². The van der Waals surface area contributed by atoms with Crippen molar-refractivity contribution in [2.24, 2.45) is 0 Å². The Kier molecular flexibility index (Phi) is 8.78. The number of rotatable bonds is 6. The molecule has 2 aromatic heterocycles. The Morgan fingerprint density at radius 2 is 1.09 bits per heavy atom. The van der Waals surface area contributed by atoms with Crippen molar-refractivity contribution in [1.29, 1.82) is 0 Å². The molecule has 8 rings (SSSR count). The van der Waals surface area contributed by atoms with E-state index in [9.17, 15) is 5.11 Å². The van der Waals surface area contributed by atoms with Gasteiger partial charge in [-0.15, -0.1) is 0 Å². The summed E-state index contributed by atoms with van der Waals surface area (Å²) in [5, 5.41) is 16.7. The van der Waals surface area contributed by atoms with Gasteiger partial charge in [-0.1, -0.05) is 139 Å². The molecule has 4 nitrogen and oxygen atoms in total. The molecule has 6 aromatic carbocycles. The van der Waals surface area contributed by atoms with E-state index in [4.69, 9.17) is 9.97 Å². The molecule has 0 unspecified atom stereocenters. The SMILES string of the molecule is CC(C)(C)c1cc(-c2cc(-c3cccc(N(c4ccccn4)c4cccc5ccccc45)n3)cc(-c3cccc4ccccc34)c2)c(O)c(C(C)(C)C)c1. The molecular formula is C50H45N3O. The van der Waals surface area contributed by atoms with Crippen molar-refractivity contribution in [3.8, 4) is 39.3 Å². The third-order valence-corrected chi connectivity index (χ3v) is 10.3. The first-order valence-electron chi connectivity index (χ1n) is 18.6. The third kappa shape index (κ3) is 6.60. The number of phenolic OH excluding ortho intramolecular Hbond substituents is 1. The number of pyridine rings is 2. The molecule has 54 heavy (non-hydrogen) atoms. The van der Waals surface area contributed by atoms with E-state index in [1.54, 1.807) is 0 Å². The van der Waals surface area contributed by atoms with Gasteiger partial charge in [0.2, 0.25) is 0 Å². The Morgan fingerprint density at radius 3 is 1.80 bits per heavy atom. The normalized spacial score (nSPS) is 12.0. The van der Waals surface area contributed by atoms with Gasteiger partial charge < -0.3 is 5.11 Å². The number of hydrogen-bond donors (Lipinski definition) is 1. The predicted octanol–water partition coefficient (Wildman–Crippen LogP) is 13.6. The van der Waals surface area contributed by atoms with Gasteiger partial charge in [0.1, 0.15) is 17.4 Å². The minimum absolute atomic E-state index is 0.120. The van der Waals surface area contributed by atoms with Gasteiger partial charge in [0.25, 0.3) is 0 Å². The summed E-state index contributed by atoms with van der Waals surface area (Å²) in [5.74, 6) is 1.85. The predicted molar refractivity (Wildman–Crippen MR) is 227 cm³/mol. The minimum Gasteiger partial charge on any atom is -0.507 e. The molecule has 0 saturated carbocycles. The summed E-state index contributed by atoms with van der Waals surface area (Å²) in [6.07, 6.45) is 1.82. The van der Waals surface area contributed by atoms with E-state index in [0.717, 1.165) is 67.2 Å². The number of fused-ring (bicyclic) bond motifs is 2. The summed E-state index contributed by atoms with van der Waals surface area (Å²) in [5.41, 5.74) is 8.44. The topological polar surface area (TPSA) is 49.2 Å². The third-order valence-electron chi connectivity index (χ3n) is 10.3. The van der Waals surface area contributed by atoms with Gasteiger partial charge in [-0.05, 0) is 104 Å². The van der Waals surface area contributed by atoms with Gasteiger partial charge in [0.05, 0.1) is 11.4 Å². The highest BCUT2D eigenvalue weighted by Gasteiger charge is 2.26. The van der Waals surface area contributed by atoms with Crippen LogP contribution in [0.1, 0.15) is 52.7 Å². The maximum absolute atomic E-state index is 12.1. The lowest BCUT2D eigenvalue weighted by Crippen LogP contribution is -2.17. The van der Waals surface area contributed by atoms with Crippen LogP contribution in [-0.4, -0.2) is 15.1 Å². The van der Waals surface area contributed by atoms with Crippen molar-refractivity contribution in [3.05, 3.63) is 169 Å². The lowest BCUT2D eigenvalue weighted by atomic mass is 9.78. The summed E-state index contributed by atoms with van der Waals surface area (Å²) in [6, 6.07) is 52.9. The van der Waals surface area contributed by atoms with E-state index in [2.05, 4.69) is 174 Å². The molecule has 0 radical (unpaired) electrons. The van der Waals surface area contributed by atoms with Crippen molar-refractivity contribution in [1.82, 2.24) is 9.97 Å². The fourth-order valence-corrected chi connectivity index (χ4v) is 7.38. The zero-order chi connectivity index (χ0) is 37.6. The molecule has 8 aromatic rings. The van der Waals surface area contributed by atoms with Gasteiger partial charge in [-0.2, -0.15) is 0 Å². The maximum atomic E-state index is 12.1. The average Bonchev–Trinajstić information content (AvgIpc) is 3.17. The van der Waals surface area contributed by atoms with Crippen LogP contribution in [0.2, 0.25) is 0 Å². The Hall–Kier alpha value is -6.26. The Labute approximate surface area is 318 Å². The maximum Gasteiger partial charge on any atom is 0.139 e. The highest BCUT2D eigenvalue weighted by molar-refractivity contribution is 5.99. The van der Waals surface area contributed by atoms with Gasteiger partial charge in [0.15, 0.2) is 0 Å². The molecule has 0 aliphatic carbocycles. The second kappa shape index (κ2) is 13.6. The number of anilines is 3. The van der Waals surface area contributed by atoms with E-state index in [1.807, 2.05) is 30.5 Å². The number of aromatic hydroxyl groups is 1. The van der Waals surface area contributed by atoms with Crippen molar-refractivity contribution in [2.75, 3.05) is 4.90 Å². The zero-order valence-electron chi connectivity index (χ0n) is 31.8. The van der Waals surface area contributed by atoms with Gasteiger partial charge in [0, 0.05) is 28.3 Å². The van der Waals surface area contributed by atoms with Crippen LogP contribution >= 0.6 is 0 Å². The first-order chi connectivity index (χ1) is 26.0. The van der Waals surface area contributed by atoms with E-state index in [1.165, 1.54) is 16.3 Å². The van der Waals surface area contributed by atoms with Crippen LogP contribution in [-0.2, 0) is 10.8 Å². The van der Waals surface area contributed by atoms with E-state index in [-0.39, 0.29) is 10.8 Å². The van der Waals surface area contributed by atoms with Gasteiger partial charge in [-0.3, -0.25) is 4.90 Å². The van der Waals surface area contributed by atoms with Crippen molar-refractivity contribution in [2.45, 2.75) is 52.4 Å². The molecule has 4 heteroatoms. The average molecular weight is 704 g/mol. The molecular weight excluding hydrogens is 659 g/mol. The number of nitrogens with zero attached hydrogens (tertiary/aromatic N) is 3. The lowest BCUT2D eigenvalue weighted by Gasteiger charge is -2.28. The van der Waals surface area contributed by atoms with E-state index < -0.39 is 0 Å². The molecule has 0 amide bonds. The summed E-state index contributed by atoms with van der Waals surface area (Å²) in [6.45, 7) is 13.2.